The summed E-state index contributed by atoms with van der Waals surface area (Å²) in [6, 6.07) is 8.93. The van der Waals surface area contributed by atoms with Gasteiger partial charge in [0.2, 0.25) is 0 Å². The first kappa shape index (κ1) is 15.4. The Bertz CT molecular complexity index is 384. The molecule has 0 aliphatic heterocycles. The van der Waals surface area contributed by atoms with Gasteiger partial charge in [-0.15, -0.1) is 0 Å². The first-order valence-corrected chi connectivity index (χ1v) is 6.79. The van der Waals surface area contributed by atoms with Gasteiger partial charge in [0.1, 0.15) is 0 Å². The van der Waals surface area contributed by atoms with Gasteiger partial charge in [-0.3, -0.25) is 0 Å². The molecule has 0 fully saturated rings. The predicted molar refractivity (Wildman–Crippen MR) is 76.0 cm³/mol. The third-order valence-corrected chi connectivity index (χ3v) is 2.73. The van der Waals surface area contributed by atoms with Crippen LogP contribution in [0.1, 0.15) is 43.0 Å². The lowest BCUT2D eigenvalue weighted by Gasteiger charge is -2.08. The van der Waals surface area contributed by atoms with Gasteiger partial charge in [-0.05, 0) is 37.8 Å². The second-order valence-electron chi connectivity index (χ2n) is 4.41. The highest BCUT2D eigenvalue weighted by atomic mass is 16.5. The van der Waals surface area contributed by atoms with Crippen LogP contribution in [0.5, 0.6) is 0 Å². The summed E-state index contributed by atoms with van der Waals surface area (Å²) in [5, 5.41) is 9.67. The van der Waals surface area contributed by atoms with Crippen LogP contribution in [0.2, 0.25) is 0 Å². The summed E-state index contributed by atoms with van der Waals surface area (Å²) in [5.74, 6) is -0.305. The standard InChI is InChI=1S/C16H22O3/c1-2-3-5-11-15(17)12-8-13-19-16(18)14-9-6-4-7-10-14/h3-7,9-10,15,17H,2,8,11-13H2,1H3. The second-order valence-corrected chi connectivity index (χ2v) is 4.41. The molecule has 19 heavy (non-hydrogen) atoms. The van der Waals surface area contributed by atoms with E-state index in [1.54, 1.807) is 24.3 Å². The van der Waals surface area contributed by atoms with Crippen molar-refractivity contribution in [1.82, 2.24) is 0 Å². The molecule has 0 amide bonds. The first-order valence-electron chi connectivity index (χ1n) is 6.79. The van der Waals surface area contributed by atoms with Gasteiger partial charge >= 0.3 is 5.97 Å². The second kappa shape index (κ2) is 9.34. The average Bonchev–Trinajstić information content (AvgIpc) is 2.44. The van der Waals surface area contributed by atoms with Gasteiger partial charge in [-0.25, -0.2) is 4.79 Å². The molecule has 0 radical (unpaired) electrons. The highest BCUT2D eigenvalue weighted by molar-refractivity contribution is 5.89. The zero-order valence-electron chi connectivity index (χ0n) is 11.4. The summed E-state index contributed by atoms with van der Waals surface area (Å²) in [6.07, 6.45) is 6.66. The fourth-order valence-corrected chi connectivity index (χ4v) is 1.68. The number of esters is 1. The highest BCUT2D eigenvalue weighted by Crippen LogP contribution is 2.05. The maximum atomic E-state index is 11.6. The Labute approximate surface area is 114 Å². The summed E-state index contributed by atoms with van der Waals surface area (Å²) in [6.45, 7) is 2.41. The lowest BCUT2D eigenvalue weighted by Crippen LogP contribution is -2.10. The number of aliphatic hydroxyl groups excluding tert-OH is 1. The van der Waals surface area contributed by atoms with Crippen LogP contribution in [0.15, 0.2) is 42.5 Å². The molecular formula is C16H22O3. The average molecular weight is 262 g/mol. The number of allylic oxidation sites excluding steroid dienone is 1. The minimum Gasteiger partial charge on any atom is -0.462 e. The van der Waals surface area contributed by atoms with E-state index < -0.39 is 0 Å². The largest absolute Gasteiger partial charge is 0.462 e. The van der Waals surface area contributed by atoms with Crippen molar-refractivity contribution in [1.29, 1.82) is 0 Å². The van der Waals surface area contributed by atoms with Crippen molar-refractivity contribution in [2.75, 3.05) is 6.61 Å². The zero-order chi connectivity index (χ0) is 13.9. The Morgan fingerprint density at radius 2 is 2.05 bits per heavy atom. The highest BCUT2D eigenvalue weighted by Gasteiger charge is 2.06. The summed E-state index contributed by atoms with van der Waals surface area (Å²) < 4.78 is 5.14. The number of hydrogen-bond donors (Lipinski definition) is 1. The molecule has 0 aromatic heterocycles. The Hall–Kier alpha value is -1.61. The van der Waals surface area contributed by atoms with Crippen LogP contribution in [-0.2, 0) is 4.74 Å². The molecule has 1 N–H and O–H groups in total. The number of ether oxygens (including phenoxy) is 1. The van der Waals surface area contributed by atoms with Gasteiger partial charge in [0.15, 0.2) is 0 Å². The smallest absolute Gasteiger partial charge is 0.338 e. The van der Waals surface area contributed by atoms with Gasteiger partial charge in [-0.2, -0.15) is 0 Å². The maximum Gasteiger partial charge on any atom is 0.338 e. The number of rotatable bonds is 8. The van der Waals surface area contributed by atoms with Crippen LogP contribution >= 0.6 is 0 Å². The minimum absolute atomic E-state index is 0.305. The molecular weight excluding hydrogens is 240 g/mol. The van der Waals surface area contributed by atoms with Crippen molar-refractivity contribution in [3.63, 3.8) is 0 Å². The molecule has 0 spiro atoms. The lowest BCUT2D eigenvalue weighted by molar-refractivity contribution is 0.0477. The third-order valence-electron chi connectivity index (χ3n) is 2.73. The molecule has 0 bridgehead atoms. The molecule has 3 nitrogen and oxygen atoms in total. The molecule has 1 rings (SSSR count). The minimum atomic E-state index is -0.349. The summed E-state index contributed by atoms with van der Waals surface area (Å²) >= 11 is 0. The lowest BCUT2D eigenvalue weighted by atomic mass is 10.1. The van der Waals surface area contributed by atoms with Crippen LogP contribution in [-0.4, -0.2) is 23.8 Å². The molecule has 104 valence electrons. The normalized spacial score (nSPS) is 12.5. The fourth-order valence-electron chi connectivity index (χ4n) is 1.68. The van der Waals surface area contributed by atoms with Crippen LogP contribution in [0.4, 0.5) is 0 Å². The van der Waals surface area contributed by atoms with Gasteiger partial charge < -0.3 is 9.84 Å². The number of carbonyl (C=O) groups is 1. The van der Waals surface area contributed by atoms with E-state index in [-0.39, 0.29) is 12.1 Å². The van der Waals surface area contributed by atoms with Crippen LogP contribution in [0, 0.1) is 0 Å². The Balaban J connectivity index is 2.14. The van der Waals surface area contributed by atoms with Crippen molar-refractivity contribution in [2.24, 2.45) is 0 Å². The summed E-state index contributed by atoms with van der Waals surface area (Å²) in [4.78, 5) is 11.6. The molecule has 0 aliphatic carbocycles. The van der Waals surface area contributed by atoms with Gasteiger partial charge in [0.05, 0.1) is 18.3 Å². The first-order chi connectivity index (χ1) is 9.24. The van der Waals surface area contributed by atoms with Crippen molar-refractivity contribution in [3.8, 4) is 0 Å². The number of benzene rings is 1. The molecule has 1 unspecified atom stereocenters. The zero-order valence-corrected chi connectivity index (χ0v) is 11.4. The predicted octanol–water partition coefficient (Wildman–Crippen LogP) is 3.34. The van der Waals surface area contributed by atoms with E-state index in [0.29, 0.717) is 31.4 Å². The molecule has 1 aromatic rings. The Morgan fingerprint density at radius 3 is 2.74 bits per heavy atom. The number of aliphatic hydroxyl groups is 1. The summed E-state index contributed by atoms with van der Waals surface area (Å²) in [7, 11) is 0. The van der Waals surface area contributed by atoms with Crippen LogP contribution in [0.3, 0.4) is 0 Å². The molecule has 0 heterocycles. The Kier molecular flexibility index (Phi) is 7.59. The van der Waals surface area contributed by atoms with E-state index in [1.807, 2.05) is 18.2 Å². The number of hydrogen-bond acceptors (Lipinski definition) is 3. The molecule has 1 aromatic carbocycles. The van der Waals surface area contributed by atoms with Gasteiger partial charge in [-0.1, -0.05) is 37.3 Å². The monoisotopic (exact) mass is 262 g/mol. The SMILES string of the molecule is CCC=CCC(O)CCCOC(=O)c1ccccc1. The van der Waals surface area contributed by atoms with E-state index in [2.05, 4.69) is 6.92 Å². The van der Waals surface area contributed by atoms with Crippen molar-refractivity contribution in [2.45, 2.75) is 38.7 Å². The molecule has 0 aliphatic rings. The Morgan fingerprint density at radius 1 is 1.32 bits per heavy atom. The quantitative estimate of drug-likeness (QED) is 0.444. The van der Waals surface area contributed by atoms with E-state index in [9.17, 15) is 9.90 Å². The molecule has 0 saturated heterocycles. The molecule has 3 heteroatoms. The maximum absolute atomic E-state index is 11.6. The van der Waals surface area contributed by atoms with E-state index in [4.69, 9.17) is 4.74 Å². The van der Waals surface area contributed by atoms with Crippen molar-refractivity contribution < 1.29 is 14.6 Å². The fraction of sp³-hybridized carbons (Fsp3) is 0.438. The molecule has 1 atom stereocenters. The topological polar surface area (TPSA) is 46.5 Å². The summed E-state index contributed by atoms with van der Waals surface area (Å²) in [5.41, 5.74) is 0.564. The number of carbonyl (C=O) groups excluding carboxylic acids is 1. The van der Waals surface area contributed by atoms with Gasteiger partial charge in [0, 0.05) is 0 Å². The third kappa shape index (κ3) is 6.77. The van der Waals surface area contributed by atoms with E-state index >= 15 is 0 Å². The van der Waals surface area contributed by atoms with Crippen molar-refractivity contribution >= 4 is 5.97 Å². The van der Waals surface area contributed by atoms with E-state index in [0.717, 1.165) is 6.42 Å². The van der Waals surface area contributed by atoms with Crippen LogP contribution < -0.4 is 0 Å². The van der Waals surface area contributed by atoms with Gasteiger partial charge in [0.25, 0.3) is 0 Å². The van der Waals surface area contributed by atoms with Crippen LogP contribution in [0.25, 0.3) is 0 Å². The molecule has 0 saturated carbocycles. The van der Waals surface area contributed by atoms with E-state index in [1.165, 1.54) is 0 Å². The van der Waals surface area contributed by atoms with Crippen molar-refractivity contribution in [3.05, 3.63) is 48.0 Å².